The molecule has 4 nitrogen and oxygen atoms in total. The minimum Gasteiger partial charge on any atom is -0.455 e. The van der Waals surface area contributed by atoms with Crippen LogP contribution in [0, 0.1) is 0 Å². The highest BCUT2D eigenvalue weighted by molar-refractivity contribution is 6.88. The predicted molar refractivity (Wildman–Crippen MR) is 197 cm³/mol. The van der Waals surface area contributed by atoms with Gasteiger partial charge in [-0.3, -0.25) is 0 Å². The summed E-state index contributed by atoms with van der Waals surface area (Å²) in [5, 5.41) is 3.58. The molecule has 0 saturated carbocycles. The molecule has 0 saturated heterocycles. The Morgan fingerprint density at radius 2 is 0.957 bits per heavy atom. The Morgan fingerprint density at radius 1 is 0.426 bits per heavy atom. The molecule has 2 heterocycles. The van der Waals surface area contributed by atoms with Crippen molar-refractivity contribution in [2.75, 3.05) is 0 Å². The summed E-state index contributed by atoms with van der Waals surface area (Å²) >= 11 is 0. The Labute approximate surface area is 275 Å². The van der Waals surface area contributed by atoms with Gasteiger partial charge >= 0.3 is 0 Å². The molecule has 0 aliphatic carbocycles. The van der Waals surface area contributed by atoms with Crippen molar-refractivity contribution < 1.29 is 4.42 Å². The van der Waals surface area contributed by atoms with E-state index in [-0.39, 0.29) is 0 Å². The maximum atomic E-state index is 6.38. The maximum absolute atomic E-state index is 6.38. The van der Waals surface area contributed by atoms with Gasteiger partial charge in [0.05, 0.1) is 13.6 Å². The molecule has 8 rings (SSSR count). The van der Waals surface area contributed by atoms with Crippen LogP contribution in [0.1, 0.15) is 0 Å². The number of hydrogen-bond acceptors (Lipinski definition) is 4. The van der Waals surface area contributed by atoms with Crippen molar-refractivity contribution in [2.24, 2.45) is 0 Å². The van der Waals surface area contributed by atoms with Crippen LogP contribution in [-0.2, 0) is 0 Å². The van der Waals surface area contributed by atoms with E-state index in [2.05, 4.69) is 105 Å². The van der Waals surface area contributed by atoms with Crippen molar-refractivity contribution in [2.45, 2.75) is 19.6 Å². The van der Waals surface area contributed by atoms with Crippen LogP contribution in [-0.4, -0.2) is 23.0 Å². The van der Waals surface area contributed by atoms with Crippen LogP contribution in [0.5, 0.6) is 0 Å². The average molecular weight is 624 g/mol. The molecule has 0 N–H and O–H groups in total. The topological polar surface area (TPSA) is 51.8 Å². The van der Waals surface area contributed by atoms with E-state index in [9.17, 15) is 0 Å². The molecule has 0 unspecified atom stereocenters. The zero-order chi connectivity index (χ0) is 32.0. The fourth-order valence-electron chi connectivity index (χ4n) is 6.14. The highest BCUT2D eigenvalue weighted by Gasteiger charge is 2.18. The first-order valence-electron chi connectivity index (χ1n) is 15.9. The second-order valence-electron chi connectivity index (χ2n) is 12.9. The Morgan fingerprint density at radius 3 is 1.68 bits per heavy atom. The number of aromatic nitrogens is 3. The minimum absolute atomic E-state index is 0.577. The molecule has 6 aromatic carbocycles. The number of furan rings is 1. The molecule has 0 aliphatic rings. The standard InChI is InChI=1S/C42H33N3OSi/c1-47(2,3)34-24-22-28(23-25-34)30-14-9-15-31(26-30)32-16-10-17-33(27-32)41-43-40(29-12-5-4-6-13-29)44-42(45-41)37-20-11-19-36-35-18-7-8-21-38(35)46-39(36)37/h4-27H,1-3H3. The Hall–Kier alpha value is -5.65. The summed E-state index contributed by atoms with van der Waals surface area (Å²) in [6.45, 7) is 7.15. The summed E-state index contributed by atoms with van der Waals surface area (Å²) in [5.41, 5.74) is 8.96. The first kappa shape index (κ1) is 28.8. The molecule has 0 atom stereocenters. The number of hydrogen-bond donors (Lipinski definition) is 0. The Kier molecular flexibility index (Phi) is 7.11. The summed E-state index contributed by atoms with van der Waals surface area (Å²) in [6.07, 6.45) is 0. The SMILES string of the molecule is C[Si](C)(C)c1ccc(-c2cccc(-c3cccc(-c4nc(-c5ccccc5)nc(-c5cccc6c5oc5ccccc56)n4)c3)c2)cc1. The summed E-state index contributed by atoms with van der Waals surface area (Å²) in [6, 6.07) is 50.6. The van der Waals surface area contributed by atoms with Crippen LogP contribution in [0.3, 0.4) is 0 Å². The molecule has 0 amide bonds. The summed E-state index contributed by atoms with van der Waals surface area (Å²) < 4.78 is 6.38. The quantitative estimate of drug-likeness (QED) is 0.173. The van der Waals surface area contributed by atoms with Crippen molar-refractivity contribution in [1.82, 2.24) is 15.0 Å². The lowest BCUT2D eigenvalue weighted by molar-refractivity contribution is 0.669. The molecule has 0 fully saturated rings. The van der Waals surface area contributed by atoms with Gasteiger partial charge in [0.15, 0.2) is 17.5 Å². The van der Waals surface area contributed by atoms with Gasteiger partial charge in [-0.25, -0.2) is 15.0 Å². The lowest BCUT2D eigenvalue weighted by Gasteiger charge is -2.17. The third-order valence-electron chi connectivity index (χ3n) is 8.71. The van der Waals surface area contributed by atoms with Crippen LogP contribution in [0.2, 0.25) is 19.6 Å². The van der Waals surface area contributed by atoms with Gasteiger partial charge in [-0.2, -0.15) is 0 Å². The molecule has 0 radical (unpaired) electrons. The van der Waals surface area contributed by atoms with Gasteiger partial charge in [0, 0.05) is 21.9 Å². The molecule has 0 bridgehead atoms. The number of fused-ring (bicyclic) bond motifs is 3. The highest BCUT2D eigenvalue weighted by atomic mass is 28.3. The van der Waals surface area contributed by atoms with E-state index in [0.717, 1.165) is 49.8 Å². The summed E-state index contributed by atoms with van der Waals surface area (Å²) in [5.74, 6) is 1.81. The average Bonchev–Trinajstić information content (AvgIpc) is 3.51. The van der Waals surface area contributed by atoms with Gasteiger partial charge in [-0.15, -0.1) is 0 Å². The molecule has 226 valence electrons. The van der Waals surface area contributed by atoms with Gasteiger partial charge < -0.3 is 4.42 Å². The molecule has 2 aromatic heterocycles. The third kappa shape index (κ3) is 5.55. The maximum Gasteiger partial charge on any atom is 0.167 e. The largest absolute Gasteiger partial charge is 0.455 e. The van der Waals surface area contributed by atoms with Gasteiger partial charge in [0.25, 0.3) is 0 Å². The summed E-state index contributed by atoms with van der Waals surface area (Å²) in [4.78, 5) is 15.1. The molecule has 5 heteroatoms. The van der Waals surface area contributed by atoms with Crippen molar-refractivity contribution >= 4 is 35.2 Å². The molecule has 0 aliphatic heterocycles. The monoisotopic (exact) mass is 623 g/mol. The first-order chi connectivity index (χ1) is 22.9. The highest BCUT2D eigenvalue weighted by Crippen LogP contribution is 2.36. The fourth-order valence-corrected chi connectivity index (χ4v) is 7.31. The van der Waals surface area contributed by atoms with Gasteiger partial charge in [-0.1, -0.05) is 146 Å². The fraction of sp³-hybridized carbons (Fsp3) is 0.0714. The first-order valence-corrected chi connectivity index (χ1v) is 19.4. The van der Waals surface area contributed by atoms with Crippen LogP contribution in [0.15, 0.2) is 150 Å². The van der Waals surface area contributed by atoms with Gasteiger partial charge in [-0.05, 0) is 46.5 Å². The van der Waals surface area contributed by atoms with Crippen LogP contribution in [0.25, 0.3) is 78.4 Å². The van der Waals surface area contributed by atoms with Gasteiger partial charge in [0.2, 0.25) is 0 Å². The van der Waals surface area contributed by atoms with Gasteiger partial charge in [0.1, 0.15) is 11.2 Å². The third-order valence-corrected chi connectivity index (χ3v) is 10.8. The smallest absolute Gasteiger partial charge is 0.167 e. The second-order valence-corrected chi connectivity index (χ2v) is 18.0. The molecular weight excluding hydrogens is 591 g/mol. The van der Waals surface area contributed by atoms with Crippen LogP contribution < -0.4 is 5.19 Å². The predicted octanol–water partition coefficient (Wildman–Crippen LogP) is 10.7. The number of para-hydroxylation sites is 2. The lowest BCUT2D eigenvalue weighted by atomic mass is 9.98. The number of rotatable bonds is 6. The zero-order valence-electron chi connectivity index (χ0n) is 26.6. The van der Waals surface area contributed by atoms with Crippen molar-refractivity contribution in [3.05, 3.63) is 146 Å². The Bertz CT molecular complexity index is 2390. The van der Waals surface area contributed by atoms with E-state index in [1.54, 1.807) is 0 Å². The summed E-state index contributed by atoms with van der Waals surface area (Å²) in [7, 11) is -1.35. The Balaban J connectivity index is 1.23. The molecular formula is C42H33N3OSi. The lowest BCUT2D eigenvalue weighted by Crippen LogP contribution is -2.37. The van der Waals surface area contributed by atoms with E-state index >= 15 is 0 Å². The molecule has 0 spiro atoms. The molecule has 8 aromatic rings. The van der Waals surface area contributed by atoms with E-state index in [4.69, 9.17) is 19.4 Å². The van der Waals surface area contributed by atoms with Crippen molar-refractivity contribution in [3.63, 3.8) is 0 Å². The number of benzene rings is 6. The van der Waals surface area contributed by atoms with Crippen LogP contribution in [0.4, 0.5) is 0 Å². The van der Waals surface area contributed by atoms with Crippen molar-refractivity contribution in [1.29, 1.82) is 0 Å². The van der Waals surface area contributed by atoms with Crippen molar-refractivity contribution in [3.8, 4) is 56.4 Å². The second kappa shape index (κ2) is 11.6. The van der Waals surface area contributed by atoms with E-state index < -0.39 is 8.07 Å². The van der Waals surface area contributed by atoms with E-state index in [1.807, 2.05) is 60.7 Å². The number of nitrogens with zero attached hydrogens (tertiary/aromatic N) is 3. The normalized spacial score (nSPS) is 11.7. The van der Waals surface area contributed by atoms with E-state index in [1.165, 1.54) is 16.3 Å². The van der Waals surface area contributed by atoms with E-state index in [0.29, 0.717) is 17.5 Å². The molecule has 47 heavy (non-hydrogen) atoms. The zero-order valence-corrected chi connectivity index (χ0v) is 27.6. The minimum atomic E-state index is -1.35. The van der Waals surface area contributed by atoms with Crippen LogP contribution >= 0.6 is 0 Å².